The van der Waals surface area contributed by atoms with E-state index in [0.717, 1.165) is 36.1 Å². The SMILES string of the molecule is CCCCCCCc1ccc(-c2ccc(C(=O)CCCc3ccccn3)c(C)c2)cc1. The molecule has 0 saturated heterocycles. The quantitative estimate of drug-likeness (QED) is 0.224. The van der Waals surface area contributed by atoms with E-state index in [1.54, 1.807) is 6.20 Å². The maximum absolute atomic E-state index is 12.7. The van der Waals surface area contributed by atoms with Crippen LogP contribution in [0.4, 0.5) is 0 Å². The van der Waals surface area contributed by atoms with Gasteiger partial charge in [-0.05, 0) is 67.0 Å². The molecule has 2 aromatic carbocycles. The van der Waals surface area contributed by atoms with Gasteiger partial charge in [0.25, 0.3) is 0 Å². The van der Waals surface area contributed by atoms with Crippen LogP contribution in [-0.2, 0) is 12.8 Å². The molecule has 0 saturated carbocycles. The molecule has 31 heavy (non-hydrogen) atoms. The largest absolute Gasteiger partial charge is 0.294 e. The highest BCUT2D eigenvalue weighted by Crippen LogP contribution is 2.24. The fraction of sp³-hybridized carbons (Fsp3) is 0.379. The Morgan fingerprint density at radius 2 is 1.58 bits per heavy atom. The van der Waals surface area contributed by atoms with E-state index in [-0.39, 0.29) is 5.78 Å². The lowest BCUT2D eigenvalue weighted by Crippen LogP contribution is -2.03. The molecule has 0 aliphatic carbocycles. The van der Waals surface area contributed by atoms with E-state index >= 15 is 0 Å². The molecule has 0 bridgehead atoms. The van der Waals surface area contributed by atoms with Gasteiger partial charge in [-0.3, -0.25) is 9.78 Å². The van der Waals surface area contributed by atoms with Crippen molar-refractivity contribution in [2.24, 2.45) is 0 Å². The van der Waals surface area contributed by atoms with Crippen molar-refractivity contribution >= 4 is 5.78 Å². The normalized spacial score (nSPS) is 10.9. The van der Waals surface area contributed by atoms with Crippen molar-refractivity contribution in [1.82, 2.24) is 4.98 Å². The first-order valence-electron chi connectivity index (χ1n) is 11.8. The second-order valence-electron chi connectivity index (χ2n) is 8.49. The second-order valence-corrected chi connectivity index (χ2v) is 8.49. The smallest absolute Gasteiger partial charge is 0.163 e. The van der Waals surface area contributed by atoms with Crippen LogP contribution in [0.2, 0.25) is 0 Å². The Kier molecular flexibility index (Phi) is 9.02. The summed E-state index contributed by atoms with van der Waals surface area (Å²) in [5.74, 6) is 0.221. The van der Waals surface area contributed by atoms with Crippen molar-refractivity contribution in [3.8, 4) is 11.1 Å². The molecule has 0 spiro atoms. The third-order valence-electron chi connectivity index (χ3n) is 5.95. The number of benzene rings is 2. The third kappa shape index (κ3) is 7.17. The summed E-state index contributed by atoms with van der Waals surface area (Å²) in [5, 5.41) is 0. The summed E-state index contributed by atoms with van der Waals surface area (Å²) in [7, 11) is 0. The summed E-state index contributed by atoms with van der Waals surface area (Å²) in [5.41, 5.74) is 6.75. The molecule has 0 aliphatic heterocycles. The standard InChI is InChI=1S/C29H35NO/c1-3-4-5-6-7-11-24-15-17-25(18-16-24)26-19-20-28(23(2)22-26)29(31)14-10-13-27-12-8-9-21-30-27/h8-9,12,15-22H,3-7,10-11,13-14H2,1-2H3. The molecule has 0 unspecified atom stereocenters. The molecule has 2 heteroatoms. The Hall–Kier alpha value is -2.74. The minimum atomic E-state index is 0.221. The van der Waals surface area contributed by atoms with Crippen LogP contribution in [0.25, 0.3) is 11.1 Å². The summed E-state index contributed by atoms with van der Waals surface area (Å²) in [6.07, 6.45) is 11.8. The van der Waals surface area contributed by atoms with Crippen molar-refractivity contribution in [2.75, 3.05) is 0 Å². The van der Waals surface area contributed by atoms with Crippen LogP contribution in [0.1, 0.15) is 79.0 Å². The zero-order valence-electron chi connectivity index (χ0n) is 19.1. The van der Waals surface area contributed by atoms with Crippen molar-refractivity contribution < 1.29 is 4.79 Å². The van der Waals surface area contributed by atoms with Gasteiger partial charge in [0, 0.05) is 23.9 Å². The van der Waals surface area contributed by atoms with Gasteiger partial charge in [-0.15, -0.1) is 0 Å². The number of carbonyl (C=O) groups excluding carboxylic acids is 1. The molecule has 0 N–H and O–H groups in total. The van der Waals surface area contributed by atoms with E-state index in [9.17, 15) is 4.79 Å². The molecule has 0 amide bonds. The monoisotopic (exact) mass is 413 g/mol. The van der Waals surface area contributed by atoms with E-state index in [1.807, 2.05) is 31.2 Å². The third-order valence-corrected chi connectivity index (χ3v) is 5.95. The highest BCUT2D eigenvalue weighted by atomic mass is 16.1. The number of hydrogen-bond donors (Lipinski definition) is 0. The first kappa shape index (κ1) is 22.9. The molecule has 0 atom stereocenters. The minimum absolute atomic E-state index is 0.221. The van der Waals surface area contributed by atoms with Gasteiger partial charge >= 0.3 is 0 Å². The predicted octanol–water partition coefficient (Wildman–Crippen LogP) is 7.78. The molecule has 3 aromatic rings. The number of aromatic nitrogens is 1. The Morgan fingerprint density at radius 3 is 2.29 bits per heavy atom. The second kappa shape index (κ2) is 12.2. The van der Waals surface area contributed by atoms with E-state index in [0.29, 0.717) is 6.42 Å². The highest BCUT2D eigenvalue weighted by molar-refractivity contribution is 5.98. The number of hydrogen-bond acceptors (Lipinski definition) is 2. The number of aryl methyl sites for hydroxylation is 3. The number of carbonyl (C=O) groups is 1. The zero-order chi connectivity index (χ0) is 21.9. The van der Waals surface area contributed by atoms with Gasteiger partial charge in [0.05, 0.1) is 0 Å². The average molecular weight is 414 g/mol. The summed E-state index contributed by atoms with van der Waals surface area (Å²) < 4.78 is 0. The summed E-state index contributed by atoms with van der Waals surface area (Å²) in [6, 6.07) is 21.1. The molecule has 0 aliphatic rings. The number of unbranched alkanes of at least 4 members (excludes halogenated alkanes) is 4. The van der Waals surface area contributed by atoms with Gasteiger partial charge in [-0.25, -0.2) is 0 Å². The molecule has 3 rings (SSSR count). The van der Waals surface area contributed by atoms with Crippen LogP contribution < -0.4 is 0 Å². The Bertz CT molecular complexity index is 944. The molecule has 0 fully saturated rings. The summed E-state index contributed by atoms with van der Waals surface area (Å²) in [4.78, 5) is 17.0. The van der Waals surface area contributed by atoms with Crippen LogP contribution in [0.15, 0.2) is 66.9 Å². The van der Waals surface area contributed by atoms with Gasteiger partial charge in [-0.1, -0.05) is 81.1 Å². The fourth-order valence-electron chi connectivity index (χ4n) is 4.06. The molecular formula is C29H35NO. The van der Waals surface area contributed by atoms with Crippen LogP contribution >= 0.6 is 0 Å². The van der Waals surface area contributed by atoms with E-state index < -0.39 is 0 Å². The van der Waals surface area contributed by atoms with Crippen LogP contribution in [-0.4, -0.2) is 10.8 Å². The number of pyridine rings is 1. The molecular weight excluding hydrogens is 378 g/mol. The molecule has 2 nitrogen and oxygen atoms in total. The summed E-state index contributed by atoms with van der Waals surface area (Å²) in [6.45, 7) is 4.30. The highest BCUT2D eigenvalue weighted by Gasteiger charge is 2.10. The Labute approximate surface area is 187 Å². The van der Waals surface area contributed by atoms with Gasteiger partial charge in [-0.2, -0.15) is 0 Å². The summed E-state index contributed by atoms with van der Waals surface area (Å²) >= 11 is 0. The average Bonchev–Trinajstić information content (AvgIpc) is 2.80. The molecule has 1 aromatic heterocycles. The Morgan fingerprint density at radius 1 is 0.806 bits per heavy atom. The van der Waals surface area contributed by atoms with Gasteiger partial charge in [0.2, 0.25) is 0 Å². The molecule has 162 valence electrons. The number of ketones is 1. The van der Waals surface area contributed by atoms with Crippen LogP contribution in [0.5, 0.6) is 0 Å². The zero-order valence-corrected chi connectivity index (χ0v) is 19.1. The van der Waals surface area contributed by atoms with Crippen molar-refractivity contribution in [3.63, 3.8) is 0 Å². The first-order valence-corrected chi connectivity index (χ1v) is 11.8. The molecule has 0 radical (unpaired) electrons. The lowest BCUT2D eigenvalue weighted by atomic mass is 9.95. The topological polar surface area (TPSA) is 30.0 Å². The van der Waals surface area contributed by atoms with E-state index in [4.69, 9.17) is 0 Å². The first-order chi connectivity index (χ1) is 15.2. The maximum atomic E-state index is 12.7. The molecule has 1 heterocycles. The van der Waals surface area contributed by atoms with Crippen LogP contribution in [0.3, 0.4) is 0 Å². The number of rotatable bonds is 12. The van der Waals surface area contributed by atoms with E-state index in [1.165, 1.54) is 48.8 Å². The van der Waals surface area contributed by atoms with Crippen molar-refractivity contribution in [1.29, 1.82) is 0 Å². The van der Waals surface area contributed by atoms with Crippen molar-refractivity contribution in [3.05, 3.63) is 89.2 Å². The predicted molar refractivity (Wildman–Crippen MR) is 131 cm³/mol. The van der Waals surface area contributed by atoms with Gasteiger partial charge in [0.15, 0.2) is 5.78 Å². The van der Waals surface area contributed by atoms with Gasteiger partial charge < -0.3 is 0 Å². The fourth-order valence-corrected chi connectivity index (χ4v) is 4.06. The minimum Gasteiger partial charge on any atom is -0.294 e. The lowest BCUT2D eigenvalue weighted by Gasteiger charge is -2.09. The Balaban J connectivity index is 1.54. The van der Waals surface area contributed by atoms with Crippen LogP contribution in [0, 0.1) is 6.92 Å². The maximum Gasteiger partial charge on any atom is 0.163 e. The lowest BCUT2D eigenvalue weighted by molar-refractivity contribution is 0.0979. The van der Waals surface area contributed by atoms with Crippen molar-refractivity contribution in [2.45, 2.75) is 71.6 Å². The van der Waals surface area contributed by atoms with E-state index in [2.05, 4.69) is 48.3 Å². The number of Topliss-reactive ketones (excluding diaryl/α,β-unsaturated/α-hetero) is 1. The van der Waals surface area contributed by atoms with Gasteiger partial charge in [0.1, 0.15) is 0 Å². The number of nitrogens with zero attached hydrogens (tertiary/aromatic N) is 1.